The van der Waals surface area contributed by atoms with E-state index in [-0.39, 0.29) is 44.4 Å². The normalized spacial score (nSPS) is 10.7. The van der Waals surface area contributed by atoms with Gasteiger partial charge in [-0.05, 0) is 36.5 Å². The summed E-state index contributed by atoms with van der Waals surface area (Å²) < 4.78 is 25.4. The third-order valence-corrected chi connectivity index (χ3v) is 4.84. The van der Waals surface area contributed by atoms with Crippen molar-refractivity contribution in [3.8, 4) is 22.1 Å². The fourth-order valence-electron chi connectivity index (χ4n) is 2.53. The molecule has 3 N–H and O–H groups in total. The van der Waals surface area contributed by atoms with Crippen molar-refractivity contribution < 1.29 is 18.7 Å². The molecule has 0 aliphatic rings. The molecular formula is C18H17ClFN5O3S. The van der Waals surface area contributed by atoms with Crippen molar-refractivity contribution in [1.29, 1.82) is 0 Å². The Hall–Kier alpha value is -2.82. The lowest BCUT2D eigenvalue weighted by Gasteiger charge is -2.14. The Morgan fingerprint density at radius 2 is 2.17 bits per heavy atom. The number of benzene rings is 1. The van der Waals surface area contributed by atoms with Gasteiger partial charge in [0.2, 0.25) is 5.13 Å². The SMILES string of the molecule is COc1ccc(Cl)c(F)c1-c1cc(C)ncc1C(=O)Nc1nnc(OCCN)s1. The van der Waals surface area contributed by atoms with E-state index in [0.29, 0.717) is 12.2 Å². The number of amides is 1. The van der Waals surface area contributed by atoms with Gasteiger partial charge in [0.1, 0.15) is 12.4 Å². The maximum atomic E-state index is 14.8. The van der Waals surface area contributed by atoms with Gasteiger partial charge in [0, 0.05) is 24.0 Å². The fraction of sp³-hybridized carbons (Fsp3) is 0.222. The number of methoxy groups -OCH3 is 1. The molecule has 152 valence electrons. The molecule has 2 heterocycles. The molecule has 1 aromatic carbocycles. The number of ether oxygens (including phenoxy) is 2. The predicted molar refractivity (Wildman–Crippen MR) is 108 cm³/mol. The van der Waals surface area contributed by atoms with Gasteiger partial charge in [0.25, 0.3) is 11.1 Å². The van der Waals surface area contributed by atoms with Gasteiger partial charge in [0.15, 0.2) is 5.82 Å². The molecule has 0 unspecified atom stereocenters. The average Bonchev–Trinajstić information content (AvgIpc) is 3.15. The van der Waals surface area contributed by atoms with Gasteiger partial charge in [0.05, 0.1) is 23.3 Å². The maximum Gasteiger partial charge on any atom is 0.295 e. The van der Waals surface area contributed by atoms with Crippen LogP contribution >= 0.6 is 22.9 Å². The van der Waals surface area contributed by atoms with Gasteiger partial charge >= 0.3 is 0 Å². The largest absolute Gasteiger partial charge is 0.496 e. The Morgan fingerprint density at radius 1 is 1.38 bits per heavy atom. The second kappa shape index (κ2) is 9.12. The second-order valence-corrected chi connectivity index (χ2v) is 7.12. The number of hydrogen-bond acceptors (Lipinski definition) is 8. The number of aromatic nitrogens is 3. The van der Waals surface area contributed by atoms with Gasteiger partial charge in [-0.2, -0.15) is 0 Å². The van der Waals surface area contributed by atoms with Crippen LogP contribution in [0.2, 0.25) is 5.02 Å². The molecular weight excluding hydrogens is 421 g/mol. The van der Waals surface area contributed by atoms with Crippen LogP contribution in [0.1, 0.15) is 16.1 Å². The summed E-state index contributed by atoms with van der Waals surface area (Å²) in [7, 11) is 1.41. The molecule has 8 nitrogen and oxygen atoms in total. The monoisotopic (exact) mass is 437 g/mol. The summed E-state index contributed by atoms with van der Waals surface area (Å²) >= 11 is 6.99. The molecule has 0 fully saturated rings. The Morgan fingerprint density at radius 3 is 2.90 bits per heavy atom. The van der Waals surface area contributed by atoms with Crippen LogP contribution in [-0.4, -0.2) is 41.3 Å². The number of nitrogens with two attached hydrogens (primary N) is 1. The van der Waals surface area contributed by atoms with Gasteiger partial charge in [-0.25, -0.2) is 4.39 Å². The molecule has 29 heavy (non-hydrogen) atoms. The van der Waals surface area contributed by atoms with Crippen LogP contribution in [0.5, 0.6) is 10.9 Å². The zero-order valence-corrected chi connectivity index (χ0v) is 17.1. The van der Waals surface area contributed by atoms with E-state index in [2.05, 4.69) is 20.5 Å². The molecule has 11 heteroatoms. The quantitative estimate of drug-likeness (QED) is 0.583. The molecule has 3 aromatic rings. The molecule has 1 amide bonds. The number of carbonyl (C=O) groups excluding carboxylic acids is 1. The molecule has 0 saturated heterocycles. The van der Waals surface area contributed by atoms with E-state index in [1.165, 1.54) is 25.4 Å². The van der Waals surface area contributed by atoms with Crippen molar-refractivity contribution in [2.75, 3.05) is 25.6 Å². The highest BCUT2D eigenvalue weighted by Crippen LogP contribution is 2.38. The lowest BCUT2D eigenvalue weighted by molar-refractivity contribution is 0.102. The maximum absolute atomic E-state index is 14.8. The first-order chi connectivity index (χ1) is 13.9. The van der Waals surface area contributed by atoms with Crippen LogP contribution in [0.25, 0.3) is 11.1 Å². The summed E-state index contributed by atoms with van der Waals surface area (Å²) in [4.78, 5) is 17.0. The Bertz CT molecular complexity index is 1050. The second-order valence-electron chi connectivity index (χ2n) is 5.77. The smallest absolute Gasteiger partial charge is 0.295 e. The highest BCUT2D eigenvalue weighted by molar-refractivity contribution is 7.17. The number of hydrogen-bond donors (Lipinski definition) is 2. The molecule has 3 rings (SSSR count). The number of carbonyl (C=O) groups is 1. The van der Waals surface area contributed by atoms with E-state index in [1.807, 2.05) is 0 Å². The van der Waals surface area contributed by atoms with E-state index in [4.69, 9.17) is 26.8 Å². The first kappa shape index (κ1) is 20.9. The van der Waals surface area contributed by atoms with E-state index < -0.39 is 11.7 Å². The minimum atomic E-state index is -0.695. The summed E-state index contributed by atoms with van der Waals surface area (Å²) in [6.07, 6.45) is 1.35. The summed E-state index contributed by atoms with van der Waals surface area (Å²) in [6.45, 7) is 2.33. The predicted octanol–water partition coefficient (Wildman–Crippen LogP) is 3.30. The molecule has 2 aromatic heterocycles. The molecule has 0 aliphatic heterocycles. The van der Waals surface area contributed by atoms with Gasteiger partial charge in [-0.1, -0.05) is 16.7 Å². The number of aryl methyl sites for hydroxylation is 1. The van der Waals surface area contributed by atoms with Crippen LogP contribution in [0.15, 0.2) is 24.4 Å². The van der Waals surface area contributed by atoms with Crippen LogP contribution in [-0.2, 0) is 0 Å². The van der Waals surface area contributed by atoms with E-state index in [0.717, 1.165) is 11.3 Å². The number of nitrogens with one attached hydrogen (secondary N) is 1. The fourth-order valence-corrected chi connectivity index (χ4v) is 3.30. The number of rotatable bonds is 7. The van der Waals surface area contributed by atoms with Crippen molar-refractivity contribution in [3.05, 3.63) is 46.5 Å². The average molecular weight is 438 g/mol. The Balaban J connectivity index is 1.99. The third kappa shape index (κ3) is 4.61. The number of nitrogens with zero attached hydrogens (tertiary/aromatic N) is 3. The standard InChI is InChI=1S/C18H17ClFN5O3S/c1-9-7-10(14-13(27-2)4-3-12(19)15(14)20)11(8-22-9)16(26)23-17-24-25-18(29-17)28-6-5-21/h3-4,7-8H,5-6,21H2,1-2H3,(H,23,24,26). The first-order valence-corrected chi connectivity index (χ1v) is 9.60. The van der Waals surface area contributed by atoms with Gasteiger partial charge < -0.3 is 15.2 Å². The van der Waals surface area contributed by atoms with Crippen molar-refractivity contribution in [2.24, 2.45) is 5.73 Å². The summed E-state index contributed by atoms with van der Waals surface area (Å²) in [5.41, 5.74) is 6.44. The third-order valence-electron chi connectivity index (χ3n) is 3.80. The van der Waals surface area contributed by atoms with E-state index >= 15 is 0 Å². The lowest BCUT2D eigenvalue weighted by atomic mass is 9.98. The van der Waals surface area contributed by atoms with Crippen molar-refractivity contribution in [1.82, 2.24) is 15.2 Å². The summed E-state index contributed by atoms with van der Waals surface area (Å²) in [5.74, 6) is -1.01. The van der Waals surface area contributed by atoms with Crippen molar-refractivity contribution in [2.45, 2.75) is 6.92 Å². The molecule has 0 atom stereocenters. The lowest BCUT2D eigenvalue weighted by Crippen LogP contribution is -2.14. The first-order valence-electron chi connectivity index (χ1n) is 8.41. The number of pyridine rings is 1. The van der Waals surface area contributed by atoms with Crippen LogP contribution in [0.3, 0.4) is 0 Å². The minimum Gasteiger partial charge on any atom is -0.496 e. The molecule has 0 aliphatic carbocycles. The van der Waals surface area contributed by atoms with Crippen LogP contribution in [0, 0.1) is 12.7 Å². The molecule has 0 radical (unpaired) electrons. The highest BCUT2D eigenvalue weighted by Gasteiger charge is 2.23. The Kier molecular flexibility index (Phi) is 6.57. The van der Waals surface area contributed by atoms with Crippen LogP contribution < -0.4 is 20.5 Å². The highest BCUT2D eigenvalue weighted by atomic mass is 35.5. The topological polar surface area (TPSA) is 112 Å². The number of anilines is 1. The Labute approximate surface area is 174 Å². The molecule has 0 saturated carbocycles. The molecule has 0 spiro atoms. The van der Waals surface area contributed by atoms with Gasteiger partial charge in [-0.15, -0.1) is 5.10 Å². The zero-order valence-electron chi connectivity index (χ0n) is 15.5. The van der Waals surface area contributed by atoms with E-state index in [9.17, 15) is 9.18 Å². The zero-order chi connectivity index (χ0) is 21.0. The van der Waals surface area contributed by atoms with E-state index in [1.54, 1.807) is 13.0 Å². The van der Waals surface area contributed by atoms with Crippen LogP contribution in [0.4, 0.5) is 9.52 Å². The minimum absolute atomic E-state index is 0.0693. The van der Waals surface area contributed by atoms with Gasteiger partial charge in [-0.3, -0.25) is 15.1 Å². The van der Waals surface area contributed by atoms with Crippen molar-refractivity contribution >= 4 is 34.0 Å². The summed E-state index contributed by atoms with van der Waals surface area (Å²) in [5, 5.41) is 10.7. The van der Waals surface area contributed by atoms with Crippen molar-refractivity contribution in [3.63, 3.8) is 0 Å². The molecule has 0 bridgehead atoms. The summed E-state index contributed by atoms with van der Waals surface area (Å²) in [6, 6.07) is 4.50. The number of halogens is 2.